The lowest BCUT2D eigenvalue weighted by Crippen LogP contribution is -2.47. The third-order valence-electron chi connectivity index (χ3n) is 3.07. The fourth-order valence-electron chi connectivity index (χ4n) is 2.12. The van der Waals surface area contributed by atoms with Crippen LogP contribution in [-0.2, 0) is 14.3 Å². The van der Waals surface area contributed by atoms with Crippen LogP contribution in [0.25, 0.3) is 0 Å². The Bertz CT molecular complexity index is 422. The summed E-state index contributed by atoms with van der Waals surface area (Å²) in [5.41, 5.74) is -1.65. The number of amides is 1. The van der Waals surface area contributed by atoms with E-state index in [9.17, 15) is 9.59 Å². The fraction of sp³-hybridized carbons (Fsp3) is 0.786. The number of carbonyl (C=O) groups excluding carboxylic acids is 2. The standard InChI is InChI=1S/C14H22N2O4/c1-5-19-11(17)14(9-10(14)7-6-8-15)16-12(18)20-13(2,3)4/h10H,5-7,9H2,1-4H3,(H,16,18)/t10-,14-/m1/s1. The molecule has 0 radical (unpaired) electrons. The van der Waals surface area contributed by atoms with Crippen LogP contribution in [0.2, 0.25) is 0 Å². The van der Waals surface area contributed by atoms with Crippen LogP contribution in [-0.4, -0.2) is 29.8 Å². The van der Waals surface area contributed by atoms with Crippen LogP contribution in [0.3, 0.4) is 0 Å². The summed E-state index contributed by atoms with van der Waals surface area (Å²) in [5, 5.41) is 11.2. The van der Waals surface area contributed by atoms with Crippen LogP contribution in [0.15, 0.2) is 0 Å². The minimum absolute atomic E-state index is 0.0614. The molecule has 1 saturated carbocycles. The average Bonchev–Trinajstić information content (AvgIpc) is 2.98. The summed E-state index contributed by atoms with van der Waals surface area (Å²) >= 11 is 0. The van der Waals surface area contributed by atoms with Crippen LogP contribution in [0.4, 0.5) is 4.79 Å². The lowest BCUT2D eigenvalue weighted by atomic mass is 10.1. The van der Waals surface area contributed by atoms with Crippen molar-refractivity contribution in [2.45, 2.75) is 58.1 Å². The van der Waals surface area contributed by atoms with E-state index in [4.69, 9.17) is 14.7 Å². The topological polar surface area (TPSA) is 88.4 Å². The highest BCUT2D eigenvalue weighted by atomic mass is 16.6. The van der Waals surface area contributed by atoms with Crippen molar-refractivity contribution in [1.82, 2.24) is 5.32 Å². The maximum atomic E-state index is 12.0. The number of ether oxygens (including phenoxy) is 2. The van der Waals surface area contributed by atoms with Crippen molar-refractivity contribution in [3.8, 4) is 6.07 Å². The summed E-state index contributed by atoms with van der Waals surface area (Å²) in [6.07, 6.45) is 0.768. The van der Waals surface area contributed by atoms with E-state index in [0.29, 0.717) is 19.3 Å². The predicted molar refractivity (Wildman–Crippen MR) is 71.7 cm³/mol. The molecular formula is C14H22N2O4. The number of hydrogen-bond donors (Lipinski definition) is 1. The molecule has 6 heteroatoms. The number of hydrogen-bond acceptors (Lipinski definition) is 5. The highest BCUT2D eigenvalue weighted by molar-refractivity contribution is 5.89. The Balaban J connectivity index is 2.69. The van der Waals surface area contributed by atoms with Crippen molar-refractivity contribution in [3.05, 3.63) is 0 Å². The molecule has 20 heavy (non-hydrogen) atoms. The second-order valence-corrected chi connectivity index (χ2v) is 5.92. The molecule has 1 N–H and O–H groups in total. The monoisotopic (exact) mass is 282 g/mol. The van der Waals surface area contributed by atoms with Gasteiger partial charge in [0.05, 0.1) is 12.7 Å². The highest BCUT2D eigenvalue weighted by Gasteiger charge is 2.62. The SMILES string of the molecule is CCOC(=O)[C@@]1(NC(=O)OC(C)(C)C)C[C@H]1CCC#N. The van der Waals surface area contributed by atoms with Gasteiger partial charge in [-0.3, -0.25) is 0 Å². The number of nitrogens with zero attached hydrogens (tertiary/aromatic N) is 1. The van der Waals surface area contributed by atoms with E-state index in [1.807, 2.05) is 6.07 Å². The van der Waals surface area contributed by atoms with E-state index < -0.39 is 23.2 Å². The van der Waals surface area contributed by atoms with Gasteiger partial charge in [-0.15, -0.1) is 0 Å². The first kappa shape index (κ1) is 16.3. The second kappa shape index (κ2) is 6.12. The van der Waals surface area contributed by atoms with Crippen LogP contribution < -0.4 is 5.32 Å². The largest absolute Gasteiger partial charge is 0.464 e. The van der Waals surface area contributed by atoms with Crippen molar-refractivity contribution in [2.24, 2.45) is 5.92 Å². The van der Waals surface area contributed by atoms with E-state index in [1.54, 1.807) is 27.7 Å². The molecule has 6 nitrogen and oxygen atoms in total. The van der Waals surface area contributed by atoms with E-state index in [2.05, 4.69) is 5.32 Å². The number of esters is 1. The molecule has 1 aliphatic rings. The smallest absolute Gasteiger partial charge is 0.408 e. The van der Waals surface area contributed by atoms with E-state index in [0.717, 1.165) is 0 Å². The maximum Gasteiger partial charge on any atom is 0.408 e. The molecule has 0 bridgehead atoms. The van der Waals surface area contributed by atoms with Crippen LogP contribution in [0.5, 0.6) is 0 Å². The highest BCUT2D eigenvalue weighted by Crippen LogP contribution is 2.47. The summed E-state index contributed by atoms with van der Waals surface area (Å²) in [6, 6.07) is 2.04. The van der Waals surface area contributed by atoms with Crippen LogP contribution in [0.1, 0.15) is 47.0 Å². The number of carbonyl (C=O) groups is 2. The van der Waals surface area contributed by atoms with Gasteiger partial charge in [-0.2, -0.15) is 5.26 Å². The molecule has 0 aromatic carbocycles. The van der Waals surface area contributed by atoms with Gasteiger partial charge in [-0.25, -0.2) is 9.59 Å². The van der Waals surface area contributed by atoms with Crippen molar-refractivity contribution in [2.75, 3.05) is 6.61 Å². The molecule has 0 aromatic rings. The van der Waals surface area contributed by atoms with Gasteiger partial charge in [-0.1, -0.05) is 0 Å². The molecule has 0 saturated heterocycles. The minimum Gasteiger partial charge on any atom is -0.464 e. The fourth-order valence-corrected chi connectivity index (χ4v) is 2.12. The Hall–Kier alpha value is -1.77. The quantitative estimate of drug-likeness (QED) is 0.780. The zero-order valence-electron chi connectivity index (χ0n) is 12.5. The molecule has 2 atom stereocenters. The average molecular weight is 282 g/mol. The number of nitrogens with one attached hydrogen (secondary N) is 1. The third-order valence-corrected chi connectivity index (χ3v) is 3.07. The second-order valence-electron chi connectivity index (χ2n) is 5.92. The van der Waals surface area contributed by atoms with Gasteiger partial charge < -0.3 is 14.8 Å². The van der Waals surface area contributed by atoms with Gasteiger partial charge >= 0.3 is 12.1 Å². The summed E-state index contributed by atoms with van der Waals surface area (Å²) < 4.78 is 10.2. The summed E-state index contributed by atoms with van der Waals surface area (Å²) in [4.78, 5) is 23.9. The molecule has 0 unspecified atom stereocenters. The molecule has 0 aromatic heterocycles. The van der Waals surface area contributed by atoms with E-state index in [1.165, 1.54) is 0 Å². The lowest BCUT2D eigenvalue weighted by Gasteiger charge is -2.23. The van der Waals surface area contributed by atoms with Crippen molar-refractivity contribution >= 4 is 12.1 Å². The zero-order valence-corrected chi connectivity index (χ0v) is 12.5. The van der Waals surface area contributed by atoms with Crippen molar-refractivity contribution in [3.63, 3.8) is 0 Å². The van der Waals surface area contributed by atoms with Gasteiger partial charge in [0.2, 0.25) is 0 Å². The van der Waals surface area contributed by atoms with Gasteiger partial charge in [-0.05, 0) is 46.5 Å². The number of alkyl carbamates (subject to hydrolysis) is 1. The Morgan fingerprint density at radius 3 is 2.60 bits per heavy atom. The molecule has 0 spiro atoms. The summed E-state index contributed by atoms with van der Waals surface area (Å²) in [5.74, 6) is -0.512. The van der Waals surface area contributed by atoms with Gasteiger partial charge in [0.1, 0.15) is 11.1 Å². The van der Waals surface area contributed by atoms with Crippen molar-refractivity contribution < 1.29 is 19.1 Å². The maximum absolute atomic E-state index is 12.0. The Kier molecular flexibility index (Phi) is 4.98. The number of nitriles is 1. The molecule has 1 aliphatic carbocycles. The molecule has 0 heterocycles. The van der Waals surface area contributed by atoms with Gasteiger partial charge in [0.15, 0.2) is 0 Å². The summed E-state index contributed by atoms with van der Waals surface area (Å²) in [7, 11) is 0. The van der Waals surface area contributed by atoms with E-state index >= 15 is 0 Å². The normalized spacial score (nSPS) is 24.4. The van der Waals surface area contributed by atoms with Gasteiger partial charge in [0, 0.05) is 6.42 Å². The van der Waals surface area contributed by atoms with Crippen LogP contribution in [0, 0.1) is 17.2 Å². The zero-order chi connectivity index (χ0) is 15.4. The molecule has 1 rings (SSSR count). The first-order chi connectivity index (χ1) is 9.25. The first-order valence-electron chi connectivity index (χ1n) is 6.80. The molecule has 0 aliphatic heterocycles. The Morgan fingerprint density at radius 1 is 1.45 bits per heavy atom. The first-order valence-corrected chi connectivity index (χ1v) is 6.80. The lowest BCUT2D eigenvalue weighted by molar-refractivity contribution is -0.147. The number of rotatable bonds is 5. The van der Waals surface area contributed by atoms with Crippen LogP contribution >= 0.6 is 0 Å². The predicted octanol–water partition coefficient (Wildman–Crippen LogP) is 2.14. The summed E-state index contributed by atoms with van der Waals surface area (Å²) in [6.45, 7) is 7.23. The Morgan fingerprint density at radius 2 is 2.10 bits per heavy atom. The molecular weight excluding hydrogens is 260 g/mol. The van der Waals surface area contributed by atoms with Gasteiger partial charge in [0.25, 0.3) is 0 Å². The minimum atomic E-state index is -1.02. The molecule has 1 amide bonds. The Labute approximate surface area is 119 Å². The van der Waals surface area contributed by atoms with Crippen molar-refractivity contribution in [1.29, 1.82) is 5.26 Å². The molecule has 1 fully saturated rings. The third kappa shape index (κ3) is 4.12. The molecule has 112 valence electrons. The van der Waals surface area contributed by atoms with E-state index in [-0.39, 0.29) is 12.5 Å².